The number of carboxylic acids is 1. The summed E-state index contributed by atoms with van der Waals surface area (Å²) in [4.78, 5) is 38.7. The third-order valence-electron chi connectivity index (χ3n) is 9.73. The lowest BCUT2D eigenvalue weighted by Crippen LogP contribution is -2.79. The van der Waals surface area contributed by atoms with E-state index in [1.165, 1.54) is 13.8 Å². The van der Waals surface area contributed by atoms with Crippen LogP contribution in [0.3, 0.4) is 0 Å². The maximum atomic E-state index is 13.4. The zero-order valence-electron chi connectivity index (χ0n) is 21.6. The molecule has 3 aliphatic rings. The van der Waals surface area contributed by atoms with Gasteiger partial charge in [0.05, 0.1) is 17.2 Å². The molecule has 1 heterocycles. The lowest BCUT2D eigenvalue weighted by atomic mass is 9.39. The van der Waals surface area contributed by atoms with Crippen molar-refractivity contribution in [3.63, 3.8) is 0 Å². The molecule has 2 fully saturated rings. The molecular formula is C29H34O8. The van der Waals surface area contributed by atoms with Gasteiger partial charge in [-0.25, -0.2) is 4.79 Å². The fourth-order valence-corrected chi connectivity index (χ4v) is 7.86. The summed E-state index contributed by atoms with van der Waals surface area (Å²) in [5.41, 5.74) is -3.41. The number of fused-ring (bicyclic) bond motifs is 4. The number of aliphatic hydroxyl groups is 1. The van der Waals surface area contributed by atoms with Gasteiger partial charge in [0.2, 0.25) is 0 Å². The summed E-state index contributed by atoms with van der Waals surface area (Å²) >= 11 is 0. The highest BCUT2D eigenvalue weighted by atomic mass is 16.6. The molecule has 0 bridgehead atoms. The number of benzene rings is 1. The summed E-state index contributed by atoms with van der Waals surface area (Å²) in [5.74, 6) is -2.43. The van der Waals surface area contributed by atoms with Crippen LogP contribution in [0.15, 0.2) is 47.1 Å². The van der Waals surface area contributed by atoms with Crippen LogP contribution in [-0.2, 0) is 25.5 Å². The van der Waals surface area contributed by atoms with E-state index in [0.717, 1.165) is 11.3 Å². The first-order chi connectivity index (χ1) is 17.5. The highest BCUT2D eigenvalue weighted by molar-refractivity contribution is 5.89. The largest absolute Gasteiger partial charge is 0.481 e. The van der Waals surface area contributed by atoms with Crippen LogP contribution in [0.1, 0.15) is 74.6 Å². The molecule has 37 heavy (non-hydrogen) atoms. The van der Waals surface area contributed by atoms with Gasteiger partial charge in [-0.2, -0.15) is 0 Å². The van der Waals surface area contributed by atoms with E-state index in [9.17, 15) is 24.6 Å². The summed E-state index contributed by atoms with van der Waals surface area (Å²) in [7, 11) is 0. The standard InChI is InChI=1S/C29H34O8/c1-16-19-11-14-35-21(19)15-20-22(16)23(36-17(2)30)24(37-25(31)18-9-6-5-7-10-18)29(34)27(20,3)12-8-13-28(29,4)26(32)33/h5-7,9-11,14,16,20,22-24,34H,8,12-13,15H2,1-4H3,(H,32,33). The smallest absolute Gasteiger partial charge is 0.338 e. The third kappa shape index (κ3) is 3.48. The fraction of sp³-hybridized carbons (Fsp3) is 0.552. The van der Waals surface area contributed by atoms with Crippen molar-refractivity contribution in [2.24, 2.45) is 22.7 Å². The van der Waals surface area contributed by atoms with E-state index in [0.29, 0.717) is 19.3 Å². The third-order valence-corrected chi connectivity index (χ3v) is 9.73. The lowest BCUT2D eigenvalue weighted by molar-refractivity contribution is -0.313. The number of esters is 2. The summed E-state index contributed by atoms with van der Waals surface area (Å²) < 4.78 is 17.8. The predicted molar refractivity (Wildman–Crippen MR) is 132 cm³/mol. The molecule has 0 aliphatic heterocycles. The Morgan fingerprint density at radius 3 is 2.41 bits per heavy atom. The Morgan fingerprint density at radius 2 is 1.76 bits per heavy atom. The minimum Gasteiger partial charge on any atom is -0.481 e. The normalized spacial score (nSPS) is 38.5. The van der Waals surface area contributed by atoms with Gasteiger partial charge in [0, 0.05) is 24.7 Å². The van der Waals surface area contributed by atoms with Crippen molar-refractivity contribution in [1.82, 2.24) is 0 Å². The van der Waals surface area contributed by atoms with Crippen LogP contribution in [0.2, 0.25) is 0 Å². The number of hydrogen-bond acceptors (Lipinski definition) is 7. The van der Waals surface area contributed by atoms with Crippen molar-refractivity contribution in [2.45, 2.75) is 77.1 Å². The molecule has 0 amide bonds. The number of furan rings is 1. The van der Waals surface area contributed by atoms with E-state index in [1.54, 1.807) is 36.6 Å². The molecule has 2 N–H and O–H groups in total. The number of hydrogen-bond donors (Lipinski definition) is 2. The molecule has 8 atom stereocenters. The number of carbonyl (C=O) groups is 3. The SMILES string of the molecule is CC(=O)OC1C2C(C)c3ccoc3CC2C2(C)CCCC(C)(C(=O)O)C2(O)C1OC(=O)c1ccccc1. The van der Waals surface area contributed by atoms with E-state index in [-0.39, 0.29) is 29.7 Å². The minimum absolute atomic E-state index is 0.144. The van der Waals surface area contributed by atoms with E-state index >= 15 is 0 Å². The lowest BCUT2D eigenvalue weighted by Gasteiger charge is -2.68. The first-order valence-electron chi connectivity index (χ1n) is 12.9. The molecule has 8 unspecified atom stereocenters. The minimum atomic E-state index is -2.03. The number of ether oxygens (including phenoxy) is 2. The molecule has 2 aromatic rings. The first kappa shape index (κ1) is 25.5. The number of carboxylic acid groups (broad SMARTS) is 1. The maximum absolute atomic E-state index is 13.4. The Morgan fingerprint density at radius 1 is 1.05 bits per heavy atom. The zero-order chi connectivity index (χ0) is 26.8. The Hall–Kier alpha value is -3.13. The van der Waals surface area contributed by atoms with Crippen molar-refractivity contribution in [1.29, 1.82) is 0 Å². The van der Waals surface area contributed by atoms with Gasteiger partial charge in [0.15, 0.2) is 6.10 Å². The van der Waals surface area contributed by atoms with Crippen LogP contribution >= 0.6 is 0 Å². The van der Waals surface area contributed by atoms with Crippen LogP contribution < -0.4 is 0 Å². The second-order valence-corrected chi connectivity index (χ2v) is 11.4. The number of aliphatic carboxylic acids is 1. The monoisotopic (exact) mass is 510 g/mol. The van der Waals surface area contributed by atoms with E-state index in [4.69, 9.17) is 13.9 Å². The summed E-state index contributed by atoms with van der Waals surface area (Å²) in [6.07, 6.45) is 0.950. The van der Waals surface area contributed by atoms with Gasteiger partial charge >= 0.3 is 17.9 Å². The van der Waals surface area contributed by atoms with Crippen LogP contribution in [0, 0.1) is 22.7 Å². The Balaban J connectivity index is 1.73. The van der Waals surface area contributed by atoms with Gasteiger partial charge in [-0.05, 0) is 55.4 Å². The fourth-order valence-electron chi connectivity index (χ4n) is 7.86. The van der Waals surface area contributed by atoms with Crippen LogP contribution in [0.5, 0.6) is 0 Å². The van der Waals surface area contributed by atoms with Gasteiger partial charge in [-0.15, -0.1) is 0 Å². The molecule has 5 rings (SSSR count). The van der Waals surface area contributed by atoms with Crippen molar-refractivity contribution in [3.05, 3.63) is 59.5 Å². The van der Waals surface area contributed by atoms with E-state index in [1.807, 2.05) is 19.9 Å². The highest BCUT2D eigenvalue weighted by Gasteiger charge is 2.77. The molecule has 198 valence electrons. The van der Waals surface area contributed by atoms with Crippen molar-refractivity contribution in [2.75, 3.05) is 0 Å². The molecule has 0 spiro atoms. The second kappa shape index (κ2) is 8.72. The molecular weight excluding hydrogens is 476 g/mol. The van der Waals surface area contributed by atoms with Crippen molar-refractivity contribution in [3.8, 4) is 0 Å². The van der Waals surface area contributed by atoms with Gasteiger partial charge in [0.25, 0.3) is 0 Å². The van der Waals surface area contributed by atoms with Crippen molar-refractivity contribution < 1.29 is 38.5 Å². The highest BCUT2D eigenvalue weighted by Crippen LogP contribution is 2.68. The first-order valence-corrected chi connectivity index (χ1v) is 12.9. The van der Waals surface area contributed by atoms with Crippen LogP contribution in [-0.4, -0.2) is 45.9 Å². The molecule has 0 saturated heterocycles. The Kier molecular flexibility index (Phi) is 6.01. The average molecular weight is 511 g/mol. The quantitative estimate of drug-likeness (QED) is 0.582. The van der Waals surface area contributed by atoms with Crippen molar-refractivity contribution >= 4 is 17.9 Å². The zero-order valence-corrected chi connectivity index (χ0v) is 21.6. The summed E-state index contributed by atoms with van der Waals surface area (Å²) in [6, 6.07) is 10.2. The topological polar surface area (TPSA) is 123 Å². The molecule has 8 heteroatoms. The van der Waals surface area contributed by atoms with E-state index in [2.05, 4.69) is 0 Å². The molecule has 2 saturated carbocycles. The van der Waals surface area contributed by atoms with Crippen LogP contribution in [0.25, 0.3) is 0 Å². The molecule has 1 aromatic carbocycles. The molecule has 0 radical (unpaired) electrons. The summed E-state index contributed by atoms with van der Waals surface area (Å²) in [5, 5.41) is 23.3. The maximum Gasteiger partial charge on any atom is 0.338 e. The molecule has 1 aromatic heterocycles. The van der Waals surface area contributed by atoms with Gasteiger partial charge in [-0.1, -0.05) is 38.5 Å². The summed E-state index contributed by atoms with van der Waals surface area (Å²) in [6.45, 7) is 6.71. The molecule has 8 nitrogen and oxygen atoms in total. The van der Waals surface area contributed by atoms with Gasteiger partial charge in [0.1, 0.15) is 17.5 Å². The second-order valence-electron chi connectivity index (χ2n) is 11.4. The number of rotatable bonds is 4. The van der Waals surface area contributed by atoms with Gasteiger partial charge < -0.3 is 24.1 Å². The van der Waals surface area contributed by atoms with E-state index < -0.39 is 46.5 Å². The number of carbonyl (C=O) groups excluding carboxylic acids is 2. The molecule has 3 aliphatic carbocycles. The Labute approximate surface area is 215 Å². The van der Waals surface area contributed by atoms with Crippen LogP contribution in [0.4, 0.5) is 0 Å². The average Bonchev–Trinajstić information content (AvgIpc) is 3.33. The van der Waals surface area contributed by atoms with Gasteiger partial charge in [-0.3, -0.25) is 9.59 Å². The predicted octanol–water partition coefficient (Wildman–Crippen LogP) is 4.35. The Bertz CT molecular complexity index is 1220.